The summed E-state index contributed by atoms with van der Waals surface area (Å²) in [6.45, 7) is 6.97. The molecule has 2 nitrogen and oxygen atoms in total. The van der Waals surface area contributed by atoms with Crippen LogP contribution in [-0.2, 0) is 6.42 Å². The highest BCUT2D eigenvalue weighted by Gasteiger charge is 2.36. The SMILES string of the molecule is CCCCCCCC([C+]1N=CC=N1)C(Cc1ccccc1)C(C)C. The van der Waals surface area contributed by atoms with Crippen molar-refractivity contribution in [2.24, 2.45) is 27.7 Å². The molecule has 0 saturated heterocycles. The van der Waals surface area contributed by atoms with Crippen LogP contribution in [0.5, 0.6) is 0 Å². The van der Waals surface area contributed by atoms with Crippen molar-refractivity contribution < 1.29 is 0 Å². The molecule has 0 saturated carbocycles. The molecular weight excluding hydrogens is 292 g/mol. The van der Waals surface area contributed by atoms with Gasteiger partial charge in [-0.25, -0.2) is 0 Å². The number of unbranched alkanes of at least 4 members (excludes halogenated alkanes) is 4. The summed E-state index contributed by atoms with van der Waals surface area (Å²) in [6, 6.07) is 10.9. The van der Waals surface area contributed by atoms with Gasteiger partial charge in [0.1, 0.15) is 0 Å². The van der Waals surface area contributed by atoms with Crippen molar-refractivity contribution >= 4 is 12.4 Å². The molecule has 2 unspecified atom stereocenters. The minimum atomic E-state index is 0.474. The Bertz CT molecular complexity index is 492. The van der Waals surface area contributed by atoms with Crippen LogP contribution in [0, 0.1) is 23.9 Å². The van der Waals surface area contributed by atoms with Gasteiger partial charge in [0.2, 0.25) is 6.17 Å². The smallest absolute Gasteiger partial charge is 0.0965 e. The molecule has 0 fully saturated rings. The van der Waals surface area contributed by atoms with Crippen molar-refractivity contribution in [3.63, 3.8) is 0 Å². The van der Waals surface area contributed by atoms with Gasteiger partial charge in [0.05, 0.1) is 5.92 Å². The van der Waals surface area contributed by atoms with Crippen LogP contribution in [0.2, 0.25) is 0 Å². The minimum Gasteiger partial charge on any atom is -0.0965 e. The van der Waals surface area contributed by atoms with Crippen LogP contribution in [0.15, 0.2) is 40.3 Å². The second-order valence-corrected chi connectivity index (χ2v) is 7.32. The highest BCUT2D eigenvalue weighted by molar-refractivity contribution is 6.18. The van der Waals surface area contributed by atoms with Crippen molar-refractivity contribution in [2.45, 2.75) is 65.7 Å². The van der Waals surface area contributed by atoms with E-state index >= 15 is 0 Å². The largest absolute Gasteiger partial charge is 0.244 e. The van der Waals surface area contributed by atoms with Crippen molar-refractivity contribution in [3.8, 4) is 0 Å². The van der Waals surface area contributed by atoms with Crippen molar-refractivity contribution in [3.05, 3.63) is 42.1 Å². The maximum absolute atomic E-state index is 4.57. The maximum Gasteiger partial charge on any atom is 0.244 e. The van der Waals surface area contributed by atoms with Gasteiger partial charge in [0.25, 0.3) is 0 Å². The number of benzene rings is 1. The Hall–Kier alpha value is -1.57. The zero-order valence-corrected chi connectivity index (χ0v) is 15.6. The molecule has 0 radical (unpaired) electrons. The van der Waals surface area contributed by atoms with Crippen molar-refractivity contribution in [1.29, 1.82) is 0 Å². The lowest BCUT2D eigenvalue weighted by Crippen LogP contribution is -2.26. The van der Waals surface area contributed by atoms with Gasteiger partial charge in [-0.05, 0) is 30.2 Å². The molecule has 0 aromatic heterocycles. The van der Waals surface area contributed by atoms with Gasteiger partial charge in [0, 0.05) is 0 Å². The zero-order valence-electron chi connectivity index (χ0n) is 15.6. The summed E-state index contributed by atoms with van der Waals surface area (Å²) in [5.41, 5.74) is 1.43. The van der Waals surface area contributed by atoms with E-state index in [-0.39, 0.29) is 0 Å². The molecular formula is C22H33N2+. The van der Waals surface area contributed by atoms with Crippen LogP contribution in [0.4, 0.5) is 0 Å². The van der Waals surface area contributed by atoms with E-state index in [1.165, 1.54) is 44.1 Å². The third-order valence-corrected chi connectivity index (χ3v) is 5.12. The van der Waals surface area contributed by atoms with E-state index in [0.717, 1.165) is 12.6 Å². The molecule has 24 heavy (non-hydrogen) atoms. The first-order valence-electron chi connectivity index (χ1n) is 9.69. The summed E-state index contributed by atoms with van der Waals surface area (Å²) < 4.78 is 0. The molecule has 1 aliphatic heterocycles. The number of aliphatic imine (C=N–C) groups is 2. The van der Waals surface area contributed by atoms with Gasteiger partial charge in [-0.2, -0.15) is 0 Å². The number of hydrogen-bond acceptors (Lipinski definition) is 2. The van der Waals surface area contributed by atoms with E-state index in [1.807, 2.05) is 12.4 Å². The molecule has 2 atom stereocenters. The Morgan fingerprint density at radius 3 is 2.21 bits per heavy atom. The third kappa shape index (κ3) is 5.81. The van der Waals surface area contributed by atoms with Crippen LogP contribution >= 0.6 is 0 Å². The van der Waals surface area contributed by atoms with Crippen LogP contribution in [-0.4, -0.2) is 12.4 Å². The Morgan fingerprint density at radius 1 is 0.917 bits per heavy atom. The predicted molar refractivity (Wildman–Crippen MR) is 106 cm³/mol. The summed E-state index contributed by atoms with van der Waals surface area (Å²) in [5.74, 6) is 1.70. The quantitative estimate of drug-likeness (QED) is 0.346. The van der Waals surface area contributed by atoms with Crippen molar-refractivity contribution in [2.75, 3.05) is 0 Å². The monoisotopic (exact) mass is 325 g/mol. The van der Waals surface area contributed by atoms with E-state index in [0.29, 0.717) is 17.8 Å². The molecule has 0 bridgehead atoms. The topological polar surface area (TPSA) is 24.7 Å². The molecule has 1 aliphatic rings. The molecule has 0 N–H and O–H groups in total. The molecule has 0 aliphatic carbocycles. The summed E-state index contributed by atoms with van der Waals surface area (Å²) in [4.78, 5) is 9.13. The van der Waals surface area contributed by atoms with Gasteiger partial charge in [-0.15, -0.1) is 0 Å². The standard InChI is InChI=1S/C22H33N2/c1-4-5-6-7-11-14-20(22-23-15-16-24-22)21(18(2)3)17-19-12-9-8-10-13-19/h8-10,12-13,15-16,18,20-21H,4-7,11,14,17H2,1-3H3/q+1. The average molecular weight is 326 g/mol. The first-order valence-corrected chi connectivity index (χ1v) is 9.69. The molecule has 1 aromatic carbocycles. The summed E-state index contributed by atoms with van der Waals surface area (Å²) in [5, 5.41) is 0. The van der Waals surface area contributed by atoms with Crippen LogP contribution in [0.25, 0.3) is 0 Å². The molecule has 1 aromatic rings. The van der Waals surface area contributed by atoms with E-state index < -0.39 is 0 Å². The lowest BCUT2D eigenvalue weighted by atomic mass is 9.75. The molecule has 0 amide bonds. The Kier molecular flexibility index (Phi) is 8.07. The zero-order chi connectivity index (χ0) is 17.2. The fraction of sp³-hybridized carbons (Fsp3) is 0.591. The molecule has 130 valence electrons. The van der Waals surface area contributed by atoms with Gasteiger partial charge in [0.15, 0.2) is 12.4 Å². The predicted octanol–water partition coefficient (Wildman–Crippen LogP) is 6.12. The Morgan fingerprint density at radius 2 is 1.58 bits per heavy atom. The summed E-state index contributed by atoms with van der Waals surface area (Å²) in [6.07, 6.45) is 13.7. The number of rotatable bonds is 11. The van der Waals surface area contributed by atoms with E-state index in [4.69, 9.17) is 0 Å². The van der Waals surface area contributed by atoms with E-state index in [1.54, 1.807) is 0 Å². The third-order valence-electron chi connectivity index (χ3n) is 5.12. The molecule has 2 heteroatoms. The van der Waals surface area contributed by atoms with Crippen LogP contribution < -0.4 is 0 Å². The lowest BCUT2D eigenvalue weighted by molar-refractivity contribution is 0.240. The Labute approximate surface area is 148 Å². The first kappa shape index (κ1) is 18.8. The first-order chi connectivity index (χ1) is 11.7. The second kappa shape index (κ2) is 10.3. The van der Waals surface area contributed by atoms with Gasteiger partial charge >= 0.3 is 0 Å². The van der Waals surface area contributed by atoms with Crippen LogP contribution in [0.3, 0.4) is 0 Å². The fourth-order valence-electron chi connectivity index (χ4n) is 3.68. The summed E-state index contributed by atoms with van der Waals surface area (Å²) >= 11 is 0. The minimum absolute atomic E-state index is 0.474. The normalized spacial score (nSPS) is 16.1. The van der Waals surface area contributed by atoms with Crippen LogP contribution in [0.1, 0.15) is 64.9 Å². The van der Waals surface area contributed by atoms with Gasteiger partial charge < -0.3 is 0 Å². The number of nitrogens with zero attached hydrogens (tertiary/aromatic N) is 2. The number of hydrogen-bond donors (Lipinski definition) is 0. The molecule has 2 rings (SSSR count). The van der Waals surface area contributed by atoms with Crippen molar-refractivity contribution in [1.82, 2.24) is 0 Å². The summed E-state index contributed by atoms with van der Waals surface area (Å²) in [7, 11) is 0. The molecule has 1 heterocycles. The average Bonchev–Trinajstić information content (AvgIpc) is 3.11. The Balaban J connectivity index is 2.03. The van der Waals surface area contributed by atoms with E-state index in [2.05, 4.69) is 61.1 Å². The molecule has 0 spiro atoms. The second-order valence-electron chi connectivity index (χ2n) is 7.32. The lowest BCUT2D eigenvalue weighted by Gasteiger charge is -2.29. The van der Waals surface area contributed by atoms with Gasteiger partial charge in [-0.1, -0.05) is 93.2 Å². The fourth-order valence-corrected chi connectivity index (χ4v) is 3.68. The highest BCUT2D eigenvalue weighted by atomic mass is 15.0. The highest BCUT2D eigenvalue weighted by Crippen LogP contribution is 2.37. The maximum atomic E-state index is 4.57. The van der Waals surface area contributed by atoms with E-state index in [9.17, 15) is 0 Å². The van der Waals surface area contributed by atoms with Gasteiger partial charge in [-0.3, -0.25) is 0 Å².